The molecule has 2 amide bonds. The number of nitrogens with zero attached hydrogens (tertiary/aromatic N) is 4. The molecule has 0 atom stereocenters. The van der Waals surface area contributed by atoms with E-state index in [1.54, 1.807) is 36.4 Å². The van der Waals surface area contributed by atoms with Gasteiger partial charge in [-0.3, -0.25) is 9.59 Å². The Balaban J connectivity index is 1.76. The molecule has 0 aliphatic heterocycles. The van der Waals surface area contributed by atoms with Gasteiger partial charge in [0.2, 0.25) is 17.8 Å². The van der Waals surface area contributed by atoms with Gasteiger partial charge < -0.3 is 30.2 Å². The van der Waals surface area contributed by atoms with E-state index in [0.717, 1.165) is 6.20 Å². The molecule has 0 aliphatic carbocycles. The molecule has 216 valence electrons. The molecule has 10 nitrogen and oxygen atoms in total. The molecular weight excluding hydrogens is 539 g/mol. The minimum absolute atomic E-state index is 0.0946. The monoisotopic (exact) mass is 569 g/mol. The predicted molar refractivity (Wildman–Crippen MR) is 151 cm³/mol. The average Bonchev–Trinajstić information content (AvgIpc) is 3.33. The number of aromatic nitrogens is 3. The first kappa shape index (κ1) is 29.3. The molecule has 2 aromatic carbocycles. The fourth-order valence-corrected chi connectivity index (χ4v) is 4.36. The summed E-state index contributed by atoms with van der Waals surface area (Å²) in [7, 11) is 5.23. The molecular formula is C28H30F3N7O3. The number of H-pyrrole nitrogens is 1. The average molecular weight is 570 g/mol. The first-order valence-electron chi connectivity index (χ1n) is 12.6. The zero-order valence-electron chi connectivity index (χ0n) is 23.2. The molecule has 0 bridgehead atoms. The van der Waals surface area contributed by atoms with Crippen LogP contribution in [0.2, 0.25) is 0 Å². The Hall–Kier alpha value is -4.65. The number of alkyl halides is 3. The van der Waals surface area contributed by atoms with Crippen molar-refractivity contribution in [1.82, 2.24) is 19.9 Å². The molecule has 4 aromatic rings. The molecule has 0 saturated heterocycles. The van der Waals surface area contributed by atoms with Crippen molar-refractivity contribution < 1.29 is 27.5 Å². The smallest absolute Gasteiger partial charge is 0.419 e. The summed E-state index contributed by atoms with van der Waals surface area (Å²) in [4.78, 5) is 39.0. The van der Waals surface area contributed by atoms with Crippen molar-refractivity contribution in [2.75, 3.05) is 49.8 Å². The SMILES string of the molecule is COc1cccc2c(-c3nc(Nc4ccc(N(CCN(C)C)C(C)=O)c(NC(C)=O)c4)ncc3C(F)(F)F)c[nH]c12. The molecule has 13 heteroatoms. The number of ether oxygens (including phenoxy) is 1. The lowest BCUT2D eigenvalue weighted by Crippen LogP contribution is -2.35. The number of likely N-dealkylation sites (N-methyl/N-ethyl adjacent to an activating group) is 1. The van der Waals surface area contributed by atoms with Gasteiger partial charge in [-0.2, -0.15) is 13.2 Å². The number of halogens is 3. The topological polar surface area (TPSA) is 115 Å². The number of rotatable bonds is 9. The number of anilines is 4. The number of aromatic amines is 1. The van der Waals surface area contributed by atoms with Gasteiger partial charge in [0.25, 0.3) is 0 Å². The first-order valence-corrected chi connectivity index (χ1v) is 12.6. The van der Waals surface area contributed by atoms with Gasteiger partial charge in [-0.05, 0) is 38.4 Å². The molecule has 0 unspecified atom stereocenters. The maximum atomic E-state index is 14.0. The van der Waals surface area contributed by atoms with Crippen molar-refractivity contribution in [3.05, 3.63) is 54.4 Å². The molecule has 0 aliphatic rings. The van der Waals surface area contributed by atoms with E-state index < -0.39 is 11.7 Å². The maximum absolute atomic E-state index is 14.0. The number of hydrogen-bond donors (Lipinski definition) is 3. The van der Waals surface area contributed by atoms with Crippen LogP contribution in [0.5, 0.6) is 5.75 Å². The Morgan fingerprint density at radius 3 is 2.49 bits per heavy atom. The van der Waals surface area contributed by atoms with Gasteiger partial charge in [0, 0.05) is 56.0 Å². The van der Waals surface area contributed by atoms with Crippen molar-refractivity contribution in [3.63, 3.8) is 0 Å². The summed E-state index contributed by atoms with van der Waals surface area (Å²) >= 11 is 0. The van der Waals surface area contributed by atoms with Gasteiger partial charge in [-0.25, -0.2) is 9.97 Å². The second-order valence-corrected chi connectivity index (χ2v) is 9.55. The van der Waals surface area contributed by atoms with E-state index in [1.807, 2.05) is 19.0 Å². The van der Waals surface area contributed by atoms with E-state index >= 15 is 0 Å². The van der Waals surface area contributed by atoms with Crippen molar-refractivity contribution in [2.45, 2.75) is 20.0 Å². The summed E-state index contributed by atoms with van der Waals surface area (Å²) in [6.07, 6.45) is -2.53. The number of fused-ring (bicyclic) bond motifs is 1. The first-order chi connectivity index (χ1) is 19.4. The van der Waals surface area contributed by atoms with Gasteiger partial charge in [-0.1, -0.05) is 12.1 Å². The summed E-state index contributed by atoms with van der Waals surface area (Å²) in [5, 5.41) is 6.15. The zero-order valence-corrected chi connectivity index (χ0v) is 23.2. The minimum atomic E-state index is -4.71. The van der Waals surface area contributed by atoms with Gasteiger partial charge in [-0.15, -0.1) is 0 Å². The quantitative estimate of drug-likeness (QED) is 0.252. The predicted octanol–water partition coefficient (Wildman–Crippen LogP) is 5.27. The van der Waals surface area contributed by atoms with Gasteiger partial charge in [0.15, 0.2) is 0 Å². The highest BCUT2D eigenvalue weighted by molar-refractivity contribution is 6.01. The van der Waals surface area contributed by atoms with Crippen LogP contribution in [-0.2, 0) is 15.8 Å². The lowest BCUT2D eigenvalue weighted by Gasteiger charge is -2.26. The van der Waals surface area contributed by atoms with Crippen molar-refractivity contribution >= 4 is 45.7 Å². The Morgan fingerprint density at radius 2 is 1.85 bits per heavy atom. The van der Waals surface area contributed by atoms with Crippen LogP contribution in [0.1, 0.15) is 19.4 Å². The Bertz CT molecular complexity index is 1580. The van der Waals surface area contributed by atoms with E-state index in [-0.39, 0.29) is 29.0 Å². The largest absolute Gasteiger partial charge is 0.495 e. The Kier molecular flexibility index (Phi) is 8.47. The zero-order chi connectivity index (χ0) is 29.9. The number of nitrogens with one attached hydrogen (secondary N) is 3. The summed E-state index contributed by atoms with van der Waals surface area (Å²) < 4.78 is 47.3. The number of para-hydroxylation sites is 1. The van der Waals surface area contributed by atoms with E-state index in [9.17, 15) is 22.8 Å². The molecule has 2 heterocycles. The van der Waals surface area contributed by atoms with Crippen LogP contribution in [0.25, 0.3) is 22.2 Å². The molecule has 4 rings (SSSR count). The summed E-state index contributed by atoms with van der Waals surface area (Å²) in [6.45, 7) is 3.73. The number of carbonyl (C=O) groups is 2. The number of methoxy groups -OCH3 is 1. The fourth-order valence-electron chi connectivity index (χ4n) is 4.36. The second-order valence-electron chi connectivity index (χ2n) is 9.55. The van der Waals surface area contributed by atoms with Crippen LogP contribution < -0.4 is 20.3 Å². The number of carbonyl (C=O) groups excluding carboxylic acids is 2. The minimum Gasteiger partial charge on any atom is -0.495 e. The Labute approximate surface area is 234 Å². The number of benzene rings is 2. The van der Waals surface area contributed by atoms with Crippen molar-refractivity contribution in [2.24, 2.45) is 0 Å². The number of amides is 2. The van der Waals surface area contributed by atoms with Gasteiger partial charge in [0.1, 0.15) is 11.3 Å². The highest BCUT2D eigenvalue weighted by Crippen LogP contribution is 2.40. The third-order valence-corrected chi connectivity index (χ3v) is 6.25. The standard InChI is InChI=1S/C28H30F3N7O3/c1-16(39)34-22-13-18(9-10-23(22)38(17(2)40)12-11-37(3)4)35-27-33-15-21(28(29,30)31)25(36-27)20-14-32-26-19(20)7-6-8-24(26)41-5/h6-10,13-15,32H,11-12H2,1-5H3,(H,34,39)(H,33,35,36). The van der Waals surface area contributed by atoms with Crippen LogP contribution in [0.15, 0.2) is 48.8 Å². The van der Waals surface area contributed by atoms with Crippen LogP contribution in [-0.4, -0.2) is 66.0 Å². The normalized spacial score (nSPS) is 11.5. The van der Waals surface area contributed by atoms with E-state index in [0.29, 0.717) is 46.8 Å². The molecule has 3 N–H and O–H groups in total. The molecule has 2 aromatic heterocycles. The number of hydrogen-bond acceptors (Lipinski definition) is 7. The van der Waals surface area contributed by atoms with E-state index in [2.05, 4.69) is 25.6 Å². The van der Waals surface area contributed by atoms with E-state index in [4.69, 9.17) is 4.74 Å². The van der Waals surface area contributed by atoms with Crippen LogP contribution in [0.3, 0.4) is 0 Å². The lowest BCUT2D eigenvalue weighted by molar-refractivity contribution is -0.137. The molecule has 0 radical (unpaired) electrons. The summed E-state index contributed by atoms with van der Waals surface area (Å²) in [6, 6.07) is 9.89. The van der Waals surface area contributed by atoms with Gasteiger partial charge in [0.05, 0.1) is 29.7 Å². The Morgan fingerprint density at radius 1 is 1.10 bits per heavy atom. The van der Waals surface area contributed by atoms with Crippen LogP contribution in [0.4, 0.5) is 36.2 Å². The molecule has 41 heavy (non-hydrogen) atoms. The van der Waals surface area contributed by atoms with Crippen molar-refractivity contribution in [1.29, 1.82) is 0 Å². The second kappa shape index (κ2) is 11.8. The maximum Gasteiger partial charge on any atom is 0.419 e. The third-order valence-electron chi connectivity index (χ3n) is 6.25. The summed E-state index contributed by atoms with van der Waals surface area (Å²) in [5.74, 6) is -0.194. The lowest BCUT2D eigenvalue weighted by atomic mass is 10.1. The highest BCUT2D eigenvalue weighted by Gasteiger charge is 2.36. The molecule has 0 fully saturated rings. The fraction of sp³-hybridized carbons (Fsp3) is 0.286. The van der Waals surface area contributed by atoms with Crippen LogP contribution in [0, 0.1) is 0 Å². The highest BCUT2D eigenvalue weighted by atomic mass is 19.4. The molecule has 0 saturated carbocycles. The van der Waals surface area contributed by atoms with E-state index in [1.165, 1.54) is 32.1 Å². The summed E-state index contributed by atoms with van der Waals surface area (Å²) in [5.41, 5.74) is 0.641. The van der Waals surface area contributed by atoms with Crippen molar-refractivity contribution in [3.8, 4) is 17.0 Å². The third kappa shape index (κ3) is 6.57. The molecule has 0 spiro atoms. The van der Waals surface area contributed by atoms with Crippen LogP contribution >= 0.6 is 0 Å². The van der Waals surface area contributed by atoms with Gasteiger partial charge >= 0.3 is 6.18 Å².